The van der Waals surface area contributed by atoms with E-state index in [1.165, 1.54) is 0 Å². The predicted molar refractivity (Wildman–Crippen MR) is 153 cm³/mol. The molecule has 2 aliphatic heterocycles. The van der Waals surface area contributed by atoms with E-state index in [2.05, 4.69) is 16.0 Å². The van der Waals surface area contributed by atoms with Crippen molar-refractivity contribution in [2.75, 3.05) is 18.0 Å². The number of para-hydroxylation sites is 1. The van der Waals surface area contributed by atoms with Gasteiger partial charge >= 0.3 is 0 Å². The van der Waals surface area contributed by atoms with Crippen molar-refractivity contribution in [3.8, 4) is 0 Å². The molecule has 8 heteroatoms. The van der Waals surface area contributed by atoms with Crippen LogP contribution < -0.4 is 4.90 Å². The number of fused-ring (bicyclic) bond motifs is 3. The first kappa shape index (κ1) is 26.9. The number of anilines is 1. The van der Waals surface area contributed by atoms with E-state index < -0.39 is 0 Å². The van der Waals surface area contributed by atoms with Gasteiger partial charge in [-0.05, 0) is 48.9 Å². The van der Waals surface area contributed by atoms with Gasteiger partial charge in [-0.1, -0.05) is 54.4 Å². The van der Waals surface area contributed by atoms with Crippen LogP contribution in [0.2, 0.25) is 5.02 Å². The first-order valence-corrected chi connectivity index (χ1v) is 14.8. The molecule has 0 saturated carbocycles. The number of nitrogens with zero attached hydrogens (tertiary/aromatic N) is 4. The van der Waals surface area contributed by atoms with Crippen molar-refractivity contribution in [1.82, 2.24) is 14.8 Å². The molecule has 5 rings (SSSR count). The Bertz CT molecular complexity index is 1250. The molecule has 2 aliphatic rings. The van der Waals surface area contributed by atoms with E-state index in [0.717, 1.165) is 54.0 Å². The molecule has 0 aliphatic carbocycles. The van der Waals surface area contributed by atoms with Gasteiger partial charge in [0.05, 0.1) is 6.54 Å². The largest absolute Gasteiger partial charge is 0.337 e. The maximum absolute atomic E-state index is 13.8. The zero-order chi connectivity index (χ0) is 26.5. The second kappa shape index (κ2) is 12.4. The van der Waals surface area contributed by atoms with Crippen LogP contribution in [-0.4, -0.2) is 51.8 Å². The third-order valence-electron chi connectivity index (χ3n) is 7.87. The molecule has 1 aromatic heterocycles. The number of rotatable bonds is 5. The van der Waals surface area contributed by atoms with E-state index in [4.69, 9.17) is 11.6 Å². The van der Waals surface area contributed by atoms with Crippen molar-refractivity contribution in [2.45, 2.75) is 70.6 Å². The number of hydrogen-bond donors (Lipinski definition) is 0. The average molecular weight is 551 g/mol. The summed E-state index contributed by atoms with van der Waals surface area (Å²) in [6.45, 7) is 4.23. The SMILES string of the molecule is CC(=O)N1CCC2CCCC(CN(C(=O)CCc3ccccc3Cl)Cc3ccccc31)N2Cc1nccs1. The number of aromatic nitrogens is 1. The summed E-state index contributed by atoms with van der Waals surface area (Å²) in [5, 5.41) is 3.82. The molecule has 38 heavy (non-hydrogen) atoms. The van der Waals surface area contributed by atoms with Gasteiger partial charge in [-0.3, -0.25) is 14.5 Å². The molecular weight excluding hydrogens is 516 g/mol. The highest BCUT2D eigenvalue weighted by molar-refractivity contribution is 7.09. The summed E-state index contributed by atoms with van der Waals surface area (Å²) < 4.78 is 0. The van der Waals surface area contributed by atoms with Crippen LogP contribution in [0.4, 0.5) is 5.69 Å². The average Bonchev–Trinajstić information content (AvgIpc) is 3.42. The van der Waals surface area contributed by atoms with E-state index in [0.29, 0.717) is 43.5 Å². The smallest absolute Gasteiger partial charge is 0.223 e. The van der Waals surface area contributed by atoms with Crippen LogP contribution in [0, 0.1) is 0 Å². The monoisotopic (exact) mass is 550 g/mol. The van der Waals surface area contributed by atoms with Crippen LogP contribution >= 0.6 is 22.9 Å². The first-order valence-electron chi connectivity index (χ1n) is 13.5. The van der Waals surface area contributed by atoms with Gasteiger partial charge in [0.25, 0.3) is 0 Å². The number of carbonyl (C=O) groups is 2. The molecule has 0 N–H and O–H groups in total. The molecule has 3 heterocycles. The van der Waals surface area contributed by atoms with Crippen molar-refractivity contribution in [2.24, 2.45) is 0 Å². The summed E-state index contributed by atoms with van der Waals surface area (Å²) in [5.74, 6) is 0.150. The molecule has 1 saturated heterocycles. The Morgan fingerprint density at radius 2 is 1.84 bits per heavy atom. The number of benzene rings is 2. The van der Waals surface area contributed by atoms with E-state index in [9.17, 15) is 9.59 Å². The van der Waals surface area contributed by atoms with E-state index in [1.807, 2.05) is 63.8 Å². The summed E-state index contributed by atoms with van der Waals surface area (Å²) in [4.78, 5) is 37.7. The molecular formula is C30H35ClN4O2S. The molecule has 3 aromatic rings. The Hall–Kier alpha value is -2.74. The first-order chi connectivity index (χ1) is 18.5. The predicted octanol–water partition coefficient (Wildman–Crippen LogP) is 5.94. The van der Waals surface area contributed by atoms with Crippen molar-refractivity contribution >= 4 is 40.4 Å². The number of carbonyl (C=O) groups excluding carboxylic acids is 2. The minimum absolute atomic E-state index is 0.0344. The van der Waals surface area contributed by atoms with E-state index >= 15 is 0 Å². The number of halogens is 1. The molecule has 200 valence electrons. The Kier molecular flexibility index (Phi) is 8.77. The molecule has 2 amide bonds. The van der Waals surface area contributed by atoms with Gasteiger partial charge in [0.15, 0.2) is 0 Å². The number of thiazole rings is 1. The Labute approximate surface area is 234 Å². The summed E-state index contributed by atoms with van der Waals surface area (Å²) in [6, 6.07) is 16.4. The highest BCUT2D eigenvalue weighted by Gasteiger charge is 2.35. The van der Waals surface area contributed by atoms with Gasteiger partial charge in [0, 0.05) is 67.3 Å². The van der Waals surface area contributed by atoms with Crippen molar-refractivity contribution in [1.29, 1.82) is 0 Å². The second-order valence-corrected chi connectivity index (χ2v) is 11.7. The number of hydrogen-bond acceptors (Lipinski definition) is 5. The zero-order valence-electron chi connectivity index (χ0n) is 21.9. The molecule has 6 nitrogen and oxygen atoms in total. The van der Waals surface area contributed by atoms with Crippen molar-refractivity contribution < 1.29 is 9.59 Å². The molecule has 2 unspecified atom stereocenters. The molecule has 2 bridgehead atoms. The lowest BCUT2D eigenvalue weighted by molar-refractivity contribution is -0.133. The third kappa shape index (κ3) is 6.28. The number of piperidine rings is 1. The summed E-state index contributed by atoms with van der Waals surface area (Å²) in [7, 11) is 0. The minimum Gasteiger partial charge on any atom is -0.337 e. The Morgan fingerprint density at radius 1 is 1.05 bits per heavy atom. The fourth-order valence-electron chi connectivity index (χ4n) is 5.92. The lowest BCUT2D eigenvalue weighted by Gasteiger charge is -2.43. The summed E-state index contributed by atoms with van der Waals surface area (Å²) >= 11 is 8.07. The summed E-state index contributed by atoms with van der Waals surface area (Å²) in [5.41, 5.74) is 2.91. The van der Waals surface area contributed by atoms with Crippen LogP contribution in [0.5, 0.6) is 0 Å². The quantitative estimate of drug-likeness (QED) is 0.394. The van der Waals surface area contributed by atoms with E-state index in [1.54, 1.807) is 18.3 Å². The topological polar surface area (TPSA) is 56.8 Å². The third-order valence-corrected chi connectivity index (χ3v) is 9.01. The zero-order valence-corrected chi connectivity index (χ0v) is 23.5. The highest BCUT2D eigenvalue weighted by Crippen LogP contribution is 2.32. The van der Waals surface area contributed by atoms with Crippen molar-refractivity contribution in [3.63, 3.8) is 0 Å². The highest BCUT2D eigenvalue weighted by atomic mass is 35.5. The standard InChI is InChI=1S/C30H35ClN4O2S/c1-22(36)34-17-15-25-9-6-10-26(35(25)21-29-32-16-18-38-29)20-33(19-24-8-3-5-12-28(24)34)30(37)14-13-23-7-2-4-11-27(23)31/h2-5,7-8,11-12,16,18,25-26H,6,9-10,13-15,17,19-21H2,1H3. The van der Waals surface area contributed by atoms with Crippen LogP contribution in [0.3, 0.4) is 0 Å². The van der Waals surface area contributed by atoms with Gasteiger partial charge in [-0.15, -0.1) is 11.3 Å². The van der Waals surface area contributed by atoms with E-state index in [-0.39, 0.29) is 17.9 Å². The maximum Gasteiger partial charge on any atom is 0.223 e. The molecule has 0 spiro atoms. The van der Waals surface area contributed by atoms with Crippen molar-refractivity contribution in [3.05, 3.63) is 81.3 Å². The van der Waals surface area contributed by atoms with Gasteiger partial charge in [-0.2, -0.15) is 0 Å². The molecule has 2 aromatic carbocycles. The number of aryl methyl sites for hydroxylation is 1. The van der Waals surface area contributed by atoms with Crippen LogP contribution in [0.15, 0.2) is 60.1 Å². The normalized spacial score (nSPS) is 20.5. The molecule has 2 atom stereocenters. The van der Waals surface area contributed by atoms with Gasteiger partial charge in [0.2, 0.25) is 11.8 Å². The lowest BCUT2D eigenvalue weighted by Crippen LogP contribution is -2.52. The fraction of sp³-hybridized carbons (Fsp3) is 0.433. The molecule has 0 radical (unpaired) electrons. The fourth-order valence-corrected chi connectivity index (χ4v) is 6.77. The number of amides is 2. The van der Waals surface area contributed by atoms with Crippen LogP contribution in [0.25, 0.3) is 0 Å². The van der Waals surface area contributed by atoms with Crippen LogP contribution in [-0.2, 0) is 29.1 Å². The Balaban J connectivity index is 1.47. The minimum atomic E-state index is 0.0344. The lowest BCUT2D eigenvalue weighted by atomic mass is 9.92. The van der Waals surface area contributed by atoms with Gasteiger partial charge < -0.3 is 9.80 Å². The van der Waals surface area contributed by atoms with Gasteiger partial charge in [-0.25, -0.2) is 4.98 Å². The maximum atomic E-state index is 13.8. The summed E-state index contributed by atoms with van der Waals surface area (Å²) in [6.07, 6.45) is 7.02. The van der Waals surface area contributed by atoms with Gasteiger partial charge in [0.1, 0.15) is 5.01 Å². The Morgan fingerprint density at radius 3 is 2.63 bits per heavy atom. The van der Waals surface area contributed by atoms with Crippen LogP contribution in [0.1, 0.15) is 55.2 Å². The molecule has 1 fully saturated rings. The second-order valence-electron chi connectivity index (χ2n) is 10.3.